The van der Waals surface area contributed by atoms with Gasteiger partial charge in [-0.15, -0.1) is 0 Å². The van der Waals surface area contributed by atoms with Crippen LogP contribution in [-0.4, -0.2) is 21.3 Å². The van der Waals surface area contributed by atoms with Crippen molar-refractivity contribution in [1.82, 2.24) is 0 Å². The lowest BCUT2D eigenvalue weighted by Gasteiger charge is -2.29. The molecule has 3 heteroatoms. The molecule has 1 N–H and O–H groups in total. The van der Waals surface area contributed by atoms with Gasteiger partial charge in [-0.05, 0) is 20.8 Å². The van der Waals surface area contributed by atoms with Crippen molar-refractivity contribution in [1.29, 1.82) is 0 Å². The Hall–Kier alpha value is 0.110. The minimum atomic E-state index is -0.936. The largest absolute Gasteiger partial charge is 0.390 e. The van der Waals surface area contributed by atoms with Gasteiger partial charge in [0.25, 0.3) is 0 Å². The van der Waals surface area contributed by atoms with E-state index in [1.807, 2.05) is 6.92 Å². The lowest BCUT2D eigenvalue weighted by molar-refractivity contribution is -0.127. The predicted molar refractivity (Wildman–Crippen MR) is 48.9 cm³/mol. The molecule has 0 aliphatic heterocycles. The molecule has 0 rings (SSSR count). The lowest BCUT2D eigenvalue weighted by Crippen LogP contribution is -2.40. The molecule has 0 aromatic rings. The van der Waals surface area contributed by atoms with Crippen molar-refractivity contribution >= 4 is 21.7 Å². The van der Waals surface area contributed by atoms with Gasteiger partial charge < -0.3 is 5.11 Å². The molecule has 0 amide bonds. The quantitative estimate of drug-likeness (QED) is 0.740. The van der Waals surface area contributed by atoms with E-state index in [1.54, 1.807) is 13.8 Å². The number of carbonyl (C=O) groups excluding carboxylic acids is 1. The monoisotopic (exact) mass is 222 g/mol. The first-order chi connectivity index (χ1) is 4.76. The van der Waals surface area contributed by atoms with Crippen molar-refractivity contribution in [3.05, 3.63) is 0 Å². The van der Waals surface area contributed by atoms with Crippen molar-refractivity contribution in [2.45, 2.75) is 38.1 Å². The van der Waals surface area contributed by atoms with Gasteiger partial charge in [0.1, 0.15) is 5.78 Å². The van der Waals surface area contributed by atoms with Gasteiger partial charge in [0.05, 0.1) is 11.5 Å². The second kappa shape index (κ2) is 3.68. The van der Waals surface area contributed by atoms with Gasteiger partial charge in [0.15, 0.2) is 0 Å². The number of ketones is 1. The molecule has 0 aromatic heterocycles. The molecule has 0 aliphatic rings. The van der Waals surface area contributed by atoms with Crippen LogP contribution < -0.4 is 0 Å². The number of aliphatic hydroxyl groups is 1. The van der Waals surface area contributed by atoms with Crippen LogP contribution in [0.25, 0.3) is 0 Å². The molecular weight excluding hydrogens is 208 g/mol. The highest BCUT2D eigenvalue weighted by atomic mass is 79.9. The van der Waals surface area contributed by atoms with E-state index in [2.05, 4.69) is 15.9 Å². The van der Waals surface area contributed by atoms with E-state index in [1.165, 1.54) is 6.92 Å². The van der Waals surface area contributed by atoms with E-state index in [-0.39, 0.29) is 16.5 Å². The van der Waals surface area contributed by atoms with Gasteiger partial charge >= 0.3 is 0 Å². The summed E-state index contributed by atoms with van der Waals surface area (Å²) in [5.74, 6) is -0.315. The number of halogens is 1. The average Bonchev–Trinajstić information content (AvgIpc) is 1.54. The zero-order valence-corrected chi connectivity index (χ0v) is 8.97. The van der Waals surface area contributed by atoms with Crippen LogP contribution in [0.15, 0.2) is 0 Å². The molecule has 0 fully saturated rings. The van der Waals surface area contributed by atoms with Gasteiger partial charge in [0, 0.05) is 4.83 Å². The van der Waals surface area contributed by atoms with Crippen LogP contribution in [0.3, 0.4) is 0 Å². The van der Waals surface area contributed by atoms with E-state index in [9.17, 15) is 9.90 Å². The highest BCUT2D eigenvalue weighted by Gasteiger charge is 2.33. The Balaban J connectivity index is 4.49. The summed E-state index contributed by atoms with van der Waals surface area (Å²) in [7, 11) is 0. The first kappa shape index (κ1) is 11.1. The summed E-state index contributed by atoms with van der Waals surface area (Å²) in [6.45, 7) is 6.66. The Morgan fingerprint density at radius 1 is 1.55 bits per heavy atom. The lowest BCUT2D eigenvalue weighted by atomic mass is 9.86. The first-order valence-electron chi connectivity index (χ1n) is 3.63. The van der Waals surface area contributed by atoms with Crippen LogP contribution in [0.4, 0.5) is 0 Å². The normalized spacial score (nSPS) is 17.6. The maximum atomic E-state index is 11.0. The molecule has 2 unspecified atom stereocenters. The fourth-order valence-corrected chi connectivity index (χ4v) is 2.40. The molecule has 0 aliphatic carbocycles. The molecule has 0 aromatic carbocycles. The molecule has 0 saturated heterocycles. The molecule has 0 saturated carbocycles. The zero-order valence-electron chi connectivity index (χ0n) is 7.39. The van der Waals surface area contributed by atoms with Gasteiger partial charge in [-0.3, -0.25) is 4.79 Å². The maximum Gasteiger partial charge on any atom is 0.136 e. The van der Waals surface area contributed by atoms with Crippen LogP contribution in [-0.2, 0) is 4.79 Å². The fraction of sp³-hybridized carbons (Fsp3) is 0.875. The van der Waals surface area contributed by atoms with Crippen molar-refractivity contribution in [2.24, 2.45) is 5.92 Å². The predicted octanol–water partition coefficient (Wildman–Crippen LogP) is 1.75. The van der Waals surface area contributed by atoms with Crippen molar-refractivity contribution in [3.63, 3.8) is 0 Å². The first-order valence-corrected chi connectivity index (χ1v) is 4.55. The van der Waals surface area contributed by atoms with E-state index in [0.717, 1.165) is 0 Å². The van der Waals surface area contributed by atoms with E-state index in [4.69, 9.17) is 0 Å². The second-order valence-electron chi connectivity index (χ2n) is 3.42. The summed E-state index contributed by atoms with van der Waals surface area (Å²) in [6, 6.07) is 0. The Bertz CT molecular complexity index is 147. The number of hydrogen-bond acceptors (Lipinski definition) is 2. The summed E-state index contributed by atoms with van der Waals surface area (Å²) in [5, 5.41) is 9.57. The Labute approximate surface area is 76.1 Å². The molecule has 66 valence electrons. The third-order valence-electron chi connectivity index (χ3n) is 1.66. The van der Waals surface area contributed by atoms with Crippen LogP contribution in [0.5, 0.6) is 0 Å². The summed E-state index contributed by atoms with van der Waals surface area (Å²) >= 11 is 3.30. The third kappa shape index (κ3) is 3.34. The number of carbonyl (C=O) groups is 1. The molecule has 0 bridgehead atoms. The van der Waals surface area contributed by atoms with Crippen molar-refractivity contribution in [2.75, 3.05) is 0 Å². The van der Waals surface area contributed by atoms with Gasteiger partial charge in [-0.25, -0.2) is 0 Å². The minimum absolute atomic E-state index is 0.0139. The molecule has 0 spiro atoms. The van der Waals surface area contributed by atoms with E-state index in [0.29, 0.717) is 0 Å². The zero-order chi connectivity index (χ0) is 9.23. The topological polar surface area (TPSA) is 37.3 Å². The van der Waals surface area contributed by atoms with Crippen molar-refractivity contribution in [3.8, 4) is 0 Å². The summed E-state index contributed by atoms with van der Waals surface area (Å²) in [4.78, 5) is 11.1. The average molecular weight is 223 g/mol. The number of hydrogen-bond donors (Lipinski definition) is 1. The van der Waals surface area contributed by atoms with Crippen LogP contribution in [0, 0.1) is 5.92 Å². The smallest absolute Gasteiger partial charge is 0.136 e. The van der Waals surface area contributed by atoms with Gasteiger partial charge in [0.2, 0.25) is 0 Å². The number of rotatable bonds is 3. The second-order valence-corrected chi connectivity index (χ2v) is 4.86. The van der Waals surface area contributed by atoms with E-state index < -0.39 is 5.60 Å². The Morgan fingerprint density at radius 3 is 1.91 bits per heavy atom. The summed E-state index contributed by atoms with van der Waals surface area (Å²) in [5.41, 5.74) is -0.936. The molecular formula is C8H15BrO2. The molecule has 2 atom stereocenters. The Kier molecular flexibility index (Phi) is 3.71. The summed E-state index contributed by atoms with van der Waals surface area (Å²) < 4.78 is 0. The molecule has 0 radical (unpaired) electrons. The highest BCUT2D eigenvalue weighted by Crippen LogP contribution is 2.25. The van der Waals surface area contributed by atoms with Gasteiger partial charge in [-0.2, -0.15) is 0 Å². The number of Topliss-reactive ketones (excluding diaryl/α,β-unsaturated/α-hetero) is 1. The van der Waals surface area contributed by atoms with Crippen LogP contribution in [0.1, 0.15) is 27.7 Å². The third-order valence-corrected chi connectivity index (χ3v) is 2.19. The molecule has 0 heterocycles. The highest BCUT2D eigenvalue weighted by molar-refractivity contribution is 9.09. The molecule has 2 nitrogen and oxygen atoms in total. The van der Waals surface area contributed by atoms with Crippen LogP contribution in [0.2, 0.25) is 0 Å². The standard InChI is InChI=1S/C8H15BrO2/c1-5(9)7(6(2)10)8(3,4)11/h5,7,11H,1-4H3. The fourth-order valence-electron chi connectivity index (χ4n) is 1.38. The summed E-state index contributed by atoms with van der Waals surface area (Å²) in [6.07, 6.45) is 0. The van der Waals surface area contributed by atoms with Crippen molar-refractivity contribution < 1.29 is 9.90 Å². The molecule has 11 heavy (non-hydrogen) atoms. The maximum absolute atomic E-state index is 11.0. The number of alkyl halides is 1. The van der Waals surface area contributed by atoms with Gasteiger partial charge in [-0.1, -0.05) is 22.9 Å². The SMILES string of the molecule is CC(=O)C(C(C)Br)C(C)(C)O. The van der Waals surface area contributed by atoms with Crippen LogP contribution >= 0.6 is 15.9 Å². The minimum Gasteiger partial charge on any atom is -0.390 e. The van der Waals surface area contributed by atoms with E-state index >= 15 is 0 Å². The Morgan fingerprint density at radius 2 is 1.91 bits per heavy atom.